The summed E-state index contributed by atoms with van der Waals surface area (Å²) in [6.07, 6.45) is 4.16. The van der Waals surface area contributed by atoms with Crippen molar-refractivity contribution >= 4 is 28.9 Å². The van der Waals surface area contributed by atoms with Crippen LogP contribution in [0.2, 0.25) is 0 Å². The first-order valence-corrected chi connectivity index (χ1v) is 11.5. The Morgan fingerprint density at radius 1 is 1.15 bits per heavy atom. The molecule has 8 heteroatoms. The largest absolute Gasteiger partial charge is 0.383 e. The first kappa shape index (κ1) is 22.9. The monoisotopic (exact) mass is 463 g/mol. The number of anilines is 1. The fourth-order valence-electron chi connectivity index (χ4n) is 4.14. The Hall–Kier alpha value is -3.23. The Bertz CT molecular complexity index is 1080. The highest BCUT2D eigenvalue weighted by Gasteiger charge is 2.41. The highest BCUT2D eigenvalue weighted by molar-refractivity contribution is 7.80. The van der Waals surface area contributed by atoms with Crippen LogP contribution in [0.5, 0.6) is 0 Å². The zero-order valence-electron chi connectivity index (χ0n) is 18.9. The second-order valence-corrected chi connectivity index (χ2v) is 8.49. The van der Waals surface area contributed by atoms with Gasteiger partial charge >= 0.3 is 0 Å². The molecule has 3 aromatic rings. The number of carbonyl (C=O) groups excluding carboxylic acids is 1. The number of rotatable bonds is 9. The van der Waals surface area contributed by atoms with Gasteiger partial charge in [0.05, 0.1) is 24.4 Å². The average Bonchev–Trinajstić information content (AvgIpc) is 3.42. The van der Waals surface area contributed by atoms with Gasteiger partial charge in [-0.25, -0.2) is 0 Å². The van der Waals surface area contributed by atoms with Crippen LogP contribution in [0.25, 0.3) is 0 Å². The second-order valence-electron chi connectivity index (χ2n) is 8.10. The minimum Gasteiger partial charge on any atom is -0.383 e. The molecular weight excluding hydrogens is 434 g/mol. The third-order valence-electron chi connectivity index (χ3n) is 5.82. The van der Waals surface area contributed by atoms with Gasteiger partial charge in [-0.05, 0) is 55.5 Å². The maximum Gasteiger partial charge on any atom is 0.226 e. The average molecular weight is 464 g/mol. The van der Waals surface area contributed by atoms with E-state index in [-0.39, 0.29) is 18.0 Å². The number of benzene rings is 1. The van der Waals surface area contributed by atoms with Gasteiger partial charge in [0, 0.05) is 50.4 Å². The van der Waals surface area contributed by atoms with E-state index < -0.39 is 0 Å². The molecule has 2 N–H and O–H groups in total. The summed E-state index contributed by atoms with van der Waals surface area (Å²) < 4.78 is 7.47. The number of thiocarbonyl (C=S) groups is 1. The third-order valence-corrected chi connectivity index (χ3v) is 6.17. The van der Waals surface area contributed by atoms with Crippen molar-refractivity contribution in [1.82, 2.24) is 19.8 Å². The number of amides is 1. The molecule has 0 aliphatic carbocycles. The molecule has 4 rings (SSSR count). The molecule has 1 fully saturated rings. The third kappa shape index (κ3) is 5.40. The van der Waals surface area contributed by atoms with Crippen LogP contribution < -0.4 is 10.6 Å². The molecule has 2 aromatic heterocycles. The van der Waals surface area contributed by atoms with Crippen molar-refractivity contribution < 1.29 is 9.53 Å². The lowest BCUT2D eigenvalue weighted by molar-refractivity contribution is -0.116. The number of hydrogen-bond acceptors (Lipinski definition) is 4. The summed E-state index contributed by atoms with van der Waals surface area (Å²) >= 11 is 5.72. The normalized spacial score (nSPS) is 17.8. The van der Waals surface area contributed by atoms with Gasteiger partial charge in [-0.1, -0.05) is 23.8 Å². The molecule has 172 valence electrons. The summed E-state index contributed by atoms with van der Waals surface area (Å²) in [5, 5.41) is 7.04. The van der Waals surface area contributed by atoms with Crippen LogP contribution in [0.15, 0.2) is 67.0 Å². The molecule has 0 radical (unpaired) electrons. The maximum atomic E-state index is 12.7. The topological polar surface area (TPSA) is 71.4 Å². The van der Waals surface area contributed by atoms with E-state index in [9.17, 15) is 4.79 Å². The number of pyridine rings is 1. The highest BCUT2D eigenvalue weighted by Crippen LogP contribution is 2.38. The van der Waals surface area contributed by atoms with E-state index >= 15 is 0 Å². The lowest BCUT2D eigenvalue weighted by Gasteiger charge is -2.28. The van der Waals surface area contributed by atoms with Crippen molar-refractivity contribution in [2.24, 2.45) is 0 Å². The number of methoxy groups -OCH3 is 1. The van der Waals surface area contributed by atoms with Crippen LogP contribution in [-0.4, -0.2) is 45.7 Å². The van der Waals surface area contributed by atoms with E-state index in [4.69, 9.17) is 17.0 Å². The lowest BCUT2D eigenvalue weighted by Crippen LogP contribution is -2.33. The van der Waals surface area contributed by atoms with E-state index in [1.54, 1.807) is 13.3 Å². The van der Waals surface area contributed by atoms with Crippen LogP contribution in [0, 0.1) is 6.92 Å². The summed E-state index contributed by atoms with van der Waals surface area (Å²) in [5.74, 6) is -0.0449. The number of carbonyl (C=O) groups is 1. The summed E-state index contributed by atoms with van der Waals surface area (Å²) in [6.45, 7) is 3.86. The van der Waals surface area contributed by atoms with Crippen molar-refractivity contribution in [3.05, 3.63) is 83.9 Å². The van der Waals surface area contributed by atoms with E-state index in [2.05, 4.69) is 31.2 Å². The molecule has 1 aromatic carbocycles. The van der Waals surface area contributed by atoms with E-state index in [1.807, 2.05) is 61.7 Å². The predicted octanol–water partition coefficient (Wildman–Crippen LogP) is 3.84. The van der Waals surface area contributed by atoms with Crippen molar-refractivity contribution in [3.8, 4) is 0 Å². The molecule has 0 saturated carbocycles. The van der Waals surface area contributed by atoms with Crippen molar-refractivity contribution in [2.75, 3.05) is 25.6 Å². The summed E-state index contributed by atoms with van der Waals surface area (Å²) in [5.41, 5.74) is 3.97. The molecule has 1 amide bonds. The molecule has 7 nitrogen and oxygen atoms in total. The molecule has 1 aliphatic heterocycles. The lowest BCUT2D eigenvalue weighted by atomic mass is 10.0. The van der Waals surface area contributed by atoms with Crippen molar-refractivity contribution in [2.45, 2.75) is 32.0 Å². The first-order chi connectivity index (χ1) is 16.1. The molecular formula is C25H29N5O2S. The molecule has 3 heterocycles. The number of aromatic nitrogens is 2. The maximum absolute atomic E-state index is 12.7. The number of ether oxygens (including phenoxy) is 1. The van der Waals surface area contributed by atoms with Crippen LogP contribution >= 0.6 is 12.2 Å². The Labute approximate surface area is 199 Å². The quantitative estimate of drug-likeness (QED) is 0.470. The zero-order valence-corrected chi connectivity index (χ0v) is 19.7. The molecule has 0 bridgehead atoms. The van der Waals surface area contributed by atoms with Gasteiger partial charge < -0.3 is 24.8 Å². The second kappa shape index (κ2) is 10.6. The standard InChI is InChI=1S/C25H29N5O2S/c1-18-8-10-19(11-9-18)27-22(31)12-15-30-24(21-7-5-14-29(21)16-17-32-2)23(28-25(30)33)20-6-3-4-13-26-20/h3-11,13-14,23-24H,12,15-17H2,1-2H3,(H,27,31)(H,28,33)/t23-,24-/m1/s1. The first-order valence-electron chi connectivity index (χ1n) is 11.1. The van der Waals surface area contributed by atoms with Crippen LogP contribution in [-0.2, 0) is 16.1 Å². The number of nitrogens with one attached hydrogen (secondary N) is 2. The molecule has 1 aliphatic rings. The van der Waals surface area contributed by atoms with Crippen LogP contribution in [0.1, 0.15) is 35.5 Å². The number of nitrogens with zero attached hydrogens (tertiary/aromatic N) is 3. The van der Waals surface area contributed by atoms with Gasteiger partial charge in [0.2, 0.25) is 5.91 Å². The Morgan fingerprint density at radius 3 is 2.70 bits per heavy atom. The van der Waals surface area contributed by atoms with Crippen LogP contribution in [0.4, 0.5) is 5.69 Å². The smallest absolute Gasteiger partial charge is 0.226 e. The van der Waals surface area contributed by atoms with Crippen molar-refractivity contribution in [3.63, 3.8) is 0 Å². The van der Waals surface area contributed by atoms with Gasteiger partial charge in [0.1, 0.15) is 0 Å². The molecule has 1 saturated heterocycles. The minimum absolute atomic E-state index is 0.0449. The molecule has 0 spiro atoms. The Kier molecular flexibility index (Phi) is 7.36. The summed E-state index contributed by atoms with van der Waals surface area (Å²) in [6, 6.07) is 17.6. The molecule has 33 heavy (non-hydrogen) atoms. The van der Waals surface area contributed by atoms with Crippen LogP contribution in [0.3, 0.4) is 0 Å². The summed E-state index contributed by atoms with van der Waals surface area (Å²) in [7, 11) is 1.70. The number of hydrogen-bond donors (Lipinski definition) is 2. The van der Waals surface area contributed by atoms with Crippen molar-refractivity contribution in [1.29, 1.82) is 0 Å². The fourth-order valence-corrected chi connectivity index (χ4v) is 4.47. The minimum atomic E-state index is -0.116. The summed E-state index contributed by atoms with van der Waals surface area (Å²) in [4.78, 5) is 19.4. The van der Waals surface area contributed by atoms with Gasteiger partial charge in [-0.3, -0.25) is 9.78 Å². The Balaban J connectivity index is 1.54. The fraction of sp³-hybridized carbons (Fsp3) is 0.320. The molecule has 0 unspecified atom stereocenters. The predicted molar refractivity (Wildman–Crippen MR) is 133 cm³/mol. The van der Waals surface area contributed by atoms with Gasteiger partial charge in [-0.15, -0.1) is 0 Å². The van der Waals surface area contributed by atoms with E-state index in [0.29, 0.717) is 24.7 Å². The van der Waals surface area contributed by atoms with E-state index in [1.165, 1.54) is 0 Å². The SMILES string of the molecule is COCCn1cccc1[C@@H]1[C@@H](c2ccccn2)NC(=S)N1CCC(=O)Nc1ccc(C)cc1. The zero-order chi connectivity index (χ0) is 23.2. The van der Waals surface area contributed by atoms with E-state index in [0.717, 1.165) is 29.2 Å². The Morgan fingerprint density at radius 2 is 1.97 bits per heavy atom. The van der Waals surface area contributed by atoms with Gasteiger partial charge in [-0.2, -0.15) is 0 Å². The van der Waals surface area contributed by atoms with Gasteiger partial charge in [0.15, 0.2) is 5.11 Å². The van der Waals surface area contributed by atoms with Gasteiger partial charge in [0.25, 0.3) is 0 Å². The highest BCUT2D eigenvalue weighted by atomic mass is 32.1. The number of aryl methyl sites for hydroxylation is 1. The molecule has 2 atom stereocenters.